The number of aryl methyl sites for hydroxylation is 1. The lowest BCUT2D eigenvalue weighted by Crippen LogP contribution is -2.05. The van der Waals surface area contributed by atoms with E-state index in [2.05, 4.69) is 4.74 Å². The van der Waals surface area contributed by atoms with Crippen LogP contribution in [0.15, 0.2) is 24.3 Å². The minimum absolute atomic E-state index is 0.204. The predicted octanol–water partition coefficient (Wildman–Crippen LogP) is 1.97. The Morgan fingerprint density at radius 1 is 1.18 bits per heavy atom. The molecule has 0 atom stereocenters. The number of methoxy groups -OCH3 is 1. The van der Waals surface area contributed by atoms with Crippen LogP contribution in [0, 0.1) is 0 Å². The summed E-state index contributed by atoms with van der Waals surface area (Å²) in [6, 6.07) is 7.00. The molecule has 0 heterocycles. The van der Waals surface area contributed by atoms with Crippen LogP contribution in [-0.4, -0.2) is 25.7 Å². The molecule has 0 aromatic heterocycles. The first-order valence-electron chi connectivity index (χ1n) is 5.50. The van der Waals surface area contributed by atoms with E-state index in [1.165, 1.54) is 7.11 Å². The van der Waals surface area contributed by atoms with Crippen molar-refractivity contribution in [2.45, 2.75) is 19.8 Å². The lowest BCUT2D eigenvalue weighted by molar-refractivity contribution is -0.143. The Balaban J connectivity index is 2.51. The van der Waals surface area contributed by atoms with Crippen LogP contribution in [-0.2, 0) is 20.7 Å². The zero-order chi connectivity index (χ0) is 12.7. The van der Waals surface area contributed by atoms with Crippen LogP contribution in [0.3, 0.4) is 0 Å². The van der Waals surface area contributed by atoms with Crippen LogP contribution in [0.1, 0.15) is 29.3 Å². The normalized spacial score (nSPS) is 9.76. The maximum atomic E-state index is 11.2. The monoisotopic (exact) mass is 236 g/mol. The van der Waals surface area contributed by atoms with Gasteiger partial charge in [0.05, 0.1) is 19.3 Å². The van der Waals surface area contributed by atoms with Crippen LogP contribution in [0.4, 0.5) is 0 Å². The second-order valence-electron chi connectivity index (χ2n) is 3.49. The average Bonchev–Trinajstić information content (AvgIpc) is 2.36. The molecule has 0 saturated heterocycles. The highest BCUT2D eigenvalue weighted by molar-refractivity contribution is 5.89. The summed E-state index contributed by atoms with van der Waals surface area (Å²) in [5.74, 6) is -0.563. The summed E-state index contributed by atoms with van der Waals surface area (Å²) in [4.78, 5) is 22.3. The number of esters is 2. The number of rotatable bonds is 5. The molecule has 1 aromatic carbocycles. The molecule has 0 aliphatic heterocycles. The first kappa shape index (κ1) is 13.2. The van der Waals surface area contributed by atoms with E-state index >= 15 is 0 Å². The lowest BCUT2D eigenvalue weighted by Gasteiger charge is -2.03. The zero-order valence-corrected chi connectivity index (χ0v) is 10.1. The van der Waals surface area contributed by atoms with Gasteiger partial charge in [-0.2, -0.15) is 0 Å². The molecule has 0 bridgehead atoms. The van der Waals surface area contributed by atoms with E-state index in [4.69, 9.17) is 4.74 Å². The molecule has 0 unspecified atom stereocenters. The van der Waals surface area contributed by atoms with Crippen molar-refractivity contribution in [3.05, 3.63) is 35.4 Å². The maximum Gasteiger partial charge on any atom is 0.337 e. The first-order chi connectivity index (χ1) is 8.17. The molecular weight excluding hydrogens is 220 g/mol. The van der Waals surface area contributed by atoms with Gasteiger partial charge < -0.3 is 9.47 Å². The fourth-order valence-electron chi connectivity index (χ4n) is 1.40. The summed E-state index contributed by atoms with van der Waals surface area (Å²) >= 11 is 0. The van der Waals surface area contributed by atoms with Crippen molar-refractivity contribution < 1.29 is 19.1 Å². The summed E-state index contributed by atoms with van der Waals surface area (Å²) in [6.07, 6.45) is 0.964. The summed E-state index contributed by atoms with van der Waals surface area (Å²) in [7, 11) is 1.34. The fraction of sp³-hybridized carbons (Fsp3) is 0.385. The summed E-state index contributed by atoms with van der Waals surface area (Å²) in [5.41, 5.74) is 1.50. The third-order valence-electron chi connectivity index (χ3n) is 2.30. The molecule has 92 valence electrons. The third-order valence-corrected chi connectivity index (χ3v) is 2.30. The van der Waals surface area contributed by atoms with Gasteiger partial charge in [-0.25, -0.2) is 4.79 Å². The highest BCUT2D eigenvalue weighted by Crippen LogP contribution is 2.08. The number of hydrogen-bond donors (Lipinski definition) is 0. The Kier molecular flexibility index (Phi) is 5.20. The molecule has 0 amide bonds. The van der Waals surface area contributed by atoms with Gasteiger partial charge >= 0.3 is 11.9 Å². The molecule has 4 heteroatoms. The molecule has 0 fully saturated rings. The first-order valence-corrected chi connectivity index (χ1v) is 5.50. The number of hydrogen-bond acceptors (Lipinski definition) is 4. The number of ether oxygens (including phenoxy) is 2. The van der Waals surface area contributed by atoms with Crippen LogP contribution < -0.4 is 0 Å². The van der Waals surface area contributed by atoms with E-state index < -0.39 is 0 Å². The highest BCUT2D eigenvalue weighted by atomic mass is 16.5. The Bertz CT molecular complexity index is 381. The largest absolute Gasteiger partial charge is 0.466 e. The van der Waals surface area contributed by atoms with Crippen molar-refractivity contribution in [2.24, 2.45) is 0 Å². The lowest BCUT2D eigenvalue weighted by atomic mass is 10.1. The molecule has 0 spiro atoms. The van der Waals surface area contributed by atoms with E-state index in [-0.39, 0.29) is 11.9 Å². The second kappa shape index (κ2) is 6.68. The Hall–Kier alpha value is -1.84. The molecule has 1 rings (SSSR count). The molecule has 0 saturated carbocycles. The van der Waals surface area contributed by atoms with E-state index in [1.54, 1.807) is 19.1 Å². The van der Waals surface area contributed by atoms with E-state index in [9.17, 15) is 9.59 Å². The Labute approximate surface area is 101 Å². The average molecular weight is 236 g/mol. The summed E-state index contributed by atoms with van der Waals surface area (Å²) < 4.78 is 9.42. The van der Waals surface area contributed by atoms with Gasteiger partial charge in [0.2, 0.25) is 0 Å². The number of carbonyl (C=O) groups is 2. The van der Waals surface area contributed by atoms with Gasteiger partial charge in [0.15, 0.2) is 0 Å². The van der Waals surface area contributed by atoms with Crippen molar-refractivity contribution in [3.63, 3.8) is 0 Å². The maximum absolute atomic E-state index is 11.2. The second-order valence-corrected chi connectivity index (χ2v) is 3.49. The smallest absolute Gasteiger partial charge is 0.337 e. The van der Waals surface area contributed by atoms with Crippen molar-refractivity contribution in [1.82, 2.24) is 0 Å². The summed E-state index contributed by atoms with van der Waals surface area (Å²) in [5, 5.41) is 0. The molecule has 4 nitrogen and oxygen atoms in total. The Morgan fingerprint density at radius 2 is 1.82 bits per heavy atom. The SMILES string of the molecule is CCOC(=O)CCc1ccc(C(=O)OC)cc1. The number of benzene rings is 1. The van der Waals surface area contributed by atoms with E-state index in [0.717, 1.165) is 5.56 Å². The third kappa shape index (κ3) is 4.26. The van der Waals surface area contributed by atoms with Gasteiger partial charge in [-0.1, -0.05) is 12.1 Å². The van der Waals surface area contributed by atoms with Gasteiger partial charge in [0.25, 0.3) is 0 Å². The van der Waals surface area contributed by atoms with Crippen molar-refractivity contribution >= 4 is 11.9 Å². The molecule has 0 radical (unpaired) electrons. The Morgan fingerprint density at radius 3 is 2.35 bits per heavy atom. The van der Waals surface area contributed by atoms with Gasteiger partial charge in [0, 0.05) is 6.42 Å². The van der Waals surface area contributed by atoms with Crippen molar-refractivity contribution in [3.8, 4) is 0 Å². The number of carbonyl (C=O) groups excluding carboxylic acids is 2. The van der Waals surface area contributed by atoms with Gasteiger partial charge in [0.1, 0.15) is 0 Å². The predicted molar refractivity (Wildman–Crippen MR) is 62.7 cm³/mol. The highest BCUT2D eigenvalue weighted by Gasteiger charge is 2.06. The molecular formula is C13H16O4. The van der Waals surface area contributed by atoms with Crippen LogP contribution >= 0.6 is 0 Å². The minimum Gasteiger partial charge on any atom is -0.466 e. The van der Waals surface area contributed by atoms with Crippen LogP contribution in [0.2, 0.25) is 0 Å². The molecule has 1 aromatic rings. The molecule has 17 heavy (non-hydrogen) atoms. The molecule has 0 N–H and O–H groups in total. The minimum atomic E-state index is -0.359. The van der Waals surface area contributed by atoms with Gasteiger partial charge in [-0.05, 0) is 31.0 Å². The van der Waals surface area contributed by atoms with Crippen LogP contribution in [0.25, 0.3) is 0 Å². The quantitative estimate of drug-likeness (QED) is 0.733. The molecule has 0 aliphatic carbocycles. The topological polar surface area (TPSA) is 52.6 Å². The fourth-order valence-corrected chi connectivity index (χ4v) is 1.40. The molecule has 0 aliphatic rings. The van der Waals surface area contributed by atoms with E-state index in [1.807, 2.05) is 12.1 Å². The van der Waals surface area contributed by atoms with Crippen molar-refractivity contribution in [1.29, 1.82) is 0 Å². The standard InChI is InChI=1S/C13H16O4/c1-3-17-12(14)9-6-10-4-7-11(8-5-10)13(15)16-2/h4-5,7-8H,3,6,9H2,1-2H3. The summed E-state index contributed by atoms with van der Waals surface area (Å²) in [6.45, 7) is 2.18. The van der Waals surface area contributed by atoms with E-state index in [0.29, 0.717) is 25.0 Å². The zero-order valence-electron chi connectivity index (χ0n) is 10.1. The van der Waals surface area contributed by atoms with Gasteiger partial charge in [-0.15, -0.1) is 0 Å². The van der Waals surface area contributed by atoms with Crippen LogP contribution in [0.5, 0.6) is 0 Å². The van der Waals surface area contributed by atoms with Crippen molar-refractivity contribution in [2.75, 3.05) is 13.7 Å². The van der Waals surface area contributed by atoms with Gasteiger partial charge in [-0.3, -0.25) is 4.79 Å².